The Morgan fingerprint density at radius 2 is 1.84 bits per heavy atom. The number of nitrogens with one attached hydrogen (secondary N) is 1. The molecule has 0 radical (unpaired) electrons. The van der Waals surface area contributed by atoms with E-state index in [1.807, 2.05) is 54.0 Å². The molecule has 1 heterocycles. The minimum Gasteiger partial charge on any atom is -0.483 e. The maximum Gasteiger partial charge on any atom is 0.230 e. The molecule has 1 amide bonds. The summed E-state index contributed by atoms with van der Waals surface area (Å²) in [7, 11) is 0. The van der Waals surface area contributed by atoms with Crippen molar-refractivity contribution in [3.8, 4) is 5.75 Å². The van der Waals surface area contributed by atoms with Gasteiger partial charge in [-0.1, -0.05) is 74.1 Å². The van der Waals surface area contributed by atoms with Crippen LogP contribution in [-0.2, 0) is 17.9 Å². The number of hydrogen-bond acceptors (Lipinski definition) is 5. The molecule has 1 atom stereocenters. The van der Waals surface area contributed by atoms with Crippen molar-refractivity contribution in [3.05, 3.63) is 84.2 Å². The predicted octanol–water partition coefficient (Wildman–Crippen LogP) is 5.14. The van der Waals surface area contributed by atoms with Gasteiger partial charge in [0.25, 0.3) is 0 Å². The zero-order valence-electron chi connectivity index (χ0n) is 18.8. The number of allylic oxidation sites excluding steroid dienone is 1. The van der Waals surface area contributed by atoms with Crippen molar-refractivity contribution >= 4 is 17.7 Å². The predicted molar refractivity (Wildman–Crippen MR) is 129 cm³/mol. The van der Waals surface area contributed by atoms with Crippen LogP contribution in [0.4, 0.5) is 0 Å². The molecule has 0 spiro atoms. The summed E-state index contributed by atoms with van der Waals surface area (Å²) in [6, 6.07) is 18.0. The van der Waals surface area contributed by atoms with Crippen molar-refractivity contribution in [3.63, 3.8) is 0 Å². The van der Waals surface area contributed by atoms with E-state index in [4.69, 9.17) is 4.74 Å². The van der Waals surface area contributed by atoms with Crippen molar-refractivity contribution in [2.45, 2.75) is 51.0 Å². The van der Waals surface area contributed by atoms with E-state index >= 15 is 0 Å². The summed E-state index contributed by atoms with van der Waals surface area (Å²) in [5.74, 6) is 2.16. The van der Waals surface area contributed by atoms with E-state index in [-0.39, 0.29) is 17.8 Å². The summed E-state index contributed by atoms with van der Waals surface area (Å²) in [6.45, 7) is 11.2. The van der Waals surface area contributed by atoms with Crippen molar-refractivity contribution in [1.82, 2.24) is 20.1 Å². The molecule has 0 aliphatic carbocycles. The van der Waals surface area contributed by atoms with E-state index in [1.165, 1.54) is 17.3 Å². The molecular formula is C25H30N4O2S. The van der Waals surface area contributed by atoms with E-state index in [0.29, 0.717) is 30.0 Å². The number of ether oxygens (including phenoxy) is 1. The third-order valence-electron chi connectivity index (χ3n) is 4.95. The maximum absolute atomic E-state index is 12.3. The first-order valence-corrected chi connectivity index (χ1v) is 11.7. The molecule has 0 saturated carbocycles. The van der Waals surface area contributed by atoms with Crippen LogP contribution in [0.5, 0.6) is 5.75 Å². The Hall–Kier alpha value is -3.06. The lowest BCUT2D eigenvalue weighted by molar-refractivity contribution is -0.118. The number of hydrogen-bond donors (Lipinski definition) is 1. The van der Waals surface area contributed by atoms with Gasteiger partial charge in [0.1, 0.15) is 5.75 Å². The molecule has 168 valence electrons. The minimum atomic E-state index is -0.298. The van der Waals surface area contributed by atoms with Crippen LogP contribution in [0, 0.1) is 0 Å². The van der Waals surface area contributed by atoms with Crippen LogP contribution in [0.3, 0.4) is 0 Å². The first kappa shape index (κ1) is 23.6. The molecule has 3 aromatic rings. The van der Waals surface area contributed by atoms with Crippen LogP contribution < -0.4 is 10.1 Å². The third kappa shape index (κ3) is 6.47. The van der Waals surface area contributed by atoms with E-state index < -0.39 is 0 Å². The Bertz CT molecular complexity index is 1020. The fourth-order valence-electron chi connectivity index (χ4n) is 3.17. The molecule has 0 saturated heterocycles. The summed E-state index contributed by atoms with van der Waals surface area (Å²) >= 11 is 1.35. The molecule has 1 N–H and O–H groups in total. The van der Waals surface area contributed by atoms with E-state index in [9.17, 15) is 4.79 Å². The second-order valence-electron chi connectivity index (χ2n) is 7.77. The van der Waals surface area contributed by atoms with Gasteiger partial charge in [-0.2, -0.15) is 0 Å². The highest BCUT2D eigenvalue weighted by molar-refractivity contribution is 7.99. The van der Waals surface area contributed by atoms with Gasteiger partial charge >= 0.3 is 0 Å². The van der Waals surface area contributed by atoms with Crippen LogP contribution in [0.1, 0.15) is 49.7 Å². The highest BCUT2D eigenvalue weighted by atomic mass is 32.2. The van der Waals surface area contributed by atoms with Crippen LogP contribution in [0.25, 0.3) is 0 Å². The normalized spacial score (nSPS) is 11.9. The van der Waals surface area contributed by atoms with E-state index in [2.05, 4.69) is 48.1 Å². The van der Waals surface area contributed by atoms with Gasteiger partial charge in [-0.15, -0.1) is 16.8 Å². The van der Waals surface area contributed by atoms with Gasteiger partial charge < -0.3 is 10.1 Å². The largest absolute Gasteiger partial charge is 0.483 e. The number of rotatable bonds is 11. The zero-order valence-corrected chi connectivity index (χ0v) is 19.6. The fourth-order valence-corrected chi connectivity index (χ4v) is 3.96. The average Bonchev–Trinajstić information content (AvgIpc) is 3.20. The lowest BCUT2D eigenvalue weighted by Gasteiger charge is -2.16. The Labute approximate surface area is 194 Å². The molecule has 32 heavy (non-hydrogen) atoms. The van der Waals surface area contributed by atoms with E-state index in [0.717, 1.165) is 11.3 Å². The summed E-state index contributed by atoms with van der Waals surface area (Å²) in [5, 5.41) is 12.2. The van der Waals surface area contributed by atoms with Gasteiger partial charge in [0, 0.05) is 13.1 Å². The third-order valence-corrected chi connectivity index (χ3v) is 5.91. The topological polar surface area (TPSA) is 69.0 Å². The Kier molecular flexibility index (Phi) is 8.50. The SMILES string of the molecule is C=CCn1c(SCC(=O)NCc2ccccc2)nnc1C(C)Oc1ccc(C(C)C)cc1. The Morgan fingerprint density at radius 3 is 2.50 bits per heavy atom. The minimum absolute atomic E-state index is 0.0527. The highest BCUT2D eigenvalue weighted by Crippen LogP contribution is 2.26. The lowest BCUT2D eigenvalue weighted by Crippen LogP contribution is -2.24. The Morgan fingerprint density at radius 1 is 1.12 bits per heavy atom. The van der Waals surface area contributed by atoms with Crippen molar-refractivity contribution < 1.29 is 9.53 Å². The average molecular weight is 451 g/mol. The standard InChI is InChI=1S/C25H30N4O2S/c1-5-15-29-24(19(4)31-22-13-11-21(12-14-22)18(2)3)27-28-25(29)32-17-23(30)26-16-20-9-7-6-8-10-20/h5-14,18-19H,1,15-17H2,2-4H3,(H,26,30). The van der Waals surface area contributed by atoms with Crippen LogP contribution in [0.2, 0.25) is 0 Å². The molecule has 0 aliphatic rings. The van der Waals surface area contributed by atoms with Crippen molar-refractivity contribution in [2.75, 3.05) is 5.75 Å². The molecular weight excluding hydrogens is 420 g/mol. The van der Waals surface area contributed by atoms with Gasteiger partial charge in [-0.3, -0.25) is 9.36 Å². The smallest absolute Gasteiger partial charge is 0.230 e. The zero-order chi connectivity index (χ0) is 22.9. The fraction of sp³-hybridized carbons (Fsp3) is 0.320. The van der Waals surface area contributed by atoms with Crippen LogP contribution in [0.15, 0.2) is 72.4 Å². The molecule has 0 fully saturated rings. The Balaban J connectivity index is 1.61. The number of carbonyl (C=O) groups is 1. The van der Waals surface area contributed by atoms with Crippen LogP contribution >= 0.6 is 11.8 Å². The van der Waals surface area contributed by atoms with E-state index in [1.54, 1.807) is 6.08 Å². The summed E-state index contributed by atoms with van der Waals surface area (Å²) < 4.78 is 8.04. The number of benzene rings is 2. The molecule has 1 aromatic heterocycles. The highest BCUT2D eigenvalue weighted by Gasteiger charge is 2.20. The van der Waals surface area contributed by atoms with Gasteiger partial charge in [-0.25, -0.2) is 0 Å². The molecule has 7 heteroatoms. The molecule has 0 bridgehead atoms. The second kappa shape index (κ2) is 11.5. The van der Waals surface area contributed by atoms with Crippen molar-refractivity contribution in [1.29, 1.82) is 0 Å². The monoisotopic (exact) mass is 450 g/mol. The summed E-state index contributed by atoms with van der Waals surface area (Å²) in [6.07, 6.45) is 1.49. The number of carbonyl (C=O) groups excluding carboxylic acids is 1. The molecule has 3 rings (SSSR count). The number of nitrogens with zero attached hydrogens (tertiary/aromatic N) is 3. The first-order valence-electron chi connectivity index (χ1n) is 10.7. The molecule has 1 unspecified atom stereocenters. The van der Waals surface area contributed by atoms with Gasteiger partial charge in [-0.05, 0) is 36.1 Å². The lowest BCUT2D eigenvalue weighted by atomic mass is 10.0. The number of thioether (sulfide) groups is 1. The van der Waals surface area contributed by atoms with Crippen molar-refractivity contribution in [2.24, 2.45) is 0 Å². The number of amides is 1. The van der Waals surface area contributed by atoms with Gasteiger partial charge in [0.2, 0.25) is 5.91 Å². The van der Waals surface area contributed by atoms with Gasteiger partial charge in [0.05, 0.1) is 5.75 Å². The quantitative estimate of drug-likeness (QED) is 0.324. The summed E-state index contributed by atoms with van der Waals surface area (Å²) in [5.41, 5.74) is 2.33. The number of aromatic nitrogens is 3. The van der Waals surface area contributed by atoms with Gasteiger partial charge in [0.15, 0.2) is 17.1 Å². The van der Waals surface area contributed by atoms with Crippen LogP contribution in [-0.4, -0.2) is 26.4 Å². The molecule has 0 aliphatic heterocycles. The first-order chi connectivity index (χ1) is 15.5. The maximum atomic E-state index is 12.3. The molecule has 6 nitrogen and oxygen atoms in total. The second-order valence-corrected chi connectivity index (χ2v) is 8.72. The molecule has 2 aromatic carbocycles. The summed E-state index contributed by atoms with van der Waals surface area (Å²) in [4.78, 5) is 12.3.